The summed E-state index contributed by atoms with van der Waals surface area (Å²) in [6.07, 6.45) is 7.22. The third kappa shape index (κ3) is 6.94. The number of nitrogens with one attached hydrogen (secondary N) is 1. The molecule has 0 spiro atoms. The minimum atomic E-state index is -3.31. The fourth-order valence-electron chi connectivity index (χ4n) is 3.51. The van der Waals surface area contributed by atoms with Crippen molar-refractivity contribution in [2.75, 3.05) is 35.4 Å². The van der Waals surface area contributed by atoms with E-state index in [4.69, 9.17) is 4.74 Å². The van der Waals surface area contributed by atoms with E-state index < -0.39 is 9.84 Å². The molecular weight excluding hydrogens is 470 g/mol. The fourth-order valence-corrected chi connectivity index (χ4v) is 5.80. The van der Waals surface area contributed by atoms with Crippen molar-refractivity contribution in [3.63, 3.8) is 0 Å². The van der Waals surface area contributed by atoms with Gasteiger partial charge in [-0.15, -0.1) is 11.8 Å². The van der Waals surface area contributed by atoms with Crippen molar-refractivity contribution < 1.29 is 22.7 Å². The lowest BCUT2D eigenvalue weighted by molar-refractivity contribution is -0.139. The third-order valence-corrected chi connectivity index (χ3v) is 8.28. The Balaban J connectivity index is 1.70. The first-order chi connectivity index (χ1) is 15.3. The number of anilines is 2. The molecule has 0 aliphatic heterocycles. The Labute approximate surface area is 196 Å². The van der Waals surface area contributed by atoms with Gasteiger partial charge >= 0.3 is 12.0 Å². The largest absolute Gasteiger partial charge is 0.465 e. The Kier molecular flexibility index (Phi) is 8.55. The molecule has 0 atom stereocenters. The Bertz CT molecular complexity index is 1030. The number of thioether (sulfide) groups is 1. The summed E-state index contributed by atoms with van der Waals surface area (Å²) in [5, 5.41) is 3.27. The molecule has 0 radical (unpaired) electrons. The second-order valence-corrected chi connectivity index (χ2v) is 11.9. The summed E-state index contributed by atoms with van der Waals surface area (Å²) in [6, 6.07) is 6.04. The molecule has 32 heavy (non-hydrogen) atoms. The van der Waals surface area contributed by atoms with E-state index in [2.05, 4.69) is 10.3 Å². The van der Waals surface area contributed by atoms with Crippen LogP contribution in [-0.2, 0) is 19.4 Å². The topological polar surface area (TPSA) is 106 Å². The van der Waals surface area contributed by atoms with Crippen LogP contribution in [0.25, 0.3) is 0 Å². The van der Waals surface area contributed by atoms with Crippen molar-refractivity contribution in [1.82, 2.24) is 4.98 Å². The van der Waals surface area contributed by atoms with Gasteiger partial charge in [0.1, 0.15) is 0 Å². The van der Waals surface area contributed by atoms with Crippen molar-refractivity contribution in [1.29, 1.82) is 0 Å². The molecule has 1 aliphatic carbocycles. The van der Waals surface area contributed by atoms with Crippen molar-refractivity contribution in [3.05, 3.63) is 30.5 Å². The highest BCUT2D eigenvalue weighted by Gasteiger charge is 2.24. The zero-order valence-electron chi connectivity index (χ0n) is 18.1. The van der Waals surface area contributed by atoms with E-state index in [1.165, 1.54) is 35.2 Å². The SMILES string of the molecule is CCOC(=O)CSc1cnc(NC(=O)N(CC2CCCC2)c2ccc(S(C)(=O)=O)cc2)s1. The Morgan fingerprint density at radius 1 is 1.25 bits per heavy atom. The van der Waals surface area contributed by atoms with Crippen LogP contribution in [0.3, 0.4) is 0 Å². The van der Waals surface area contributed by atoms with E-state index in [1.807, 2.05) is 0 Å². The molecule has 2 amide bonds. The van der Waals surface area contributed by atoms with Gasteiger partial charge in [-0.1, -0.05) is 24.2 Å². The number of carbonyl (C=O) groups excluding carboxylic acids is 2. The van der Waals surface area contributed by atoms with Crippen LogP contribution in [0.4, 0.5) is 15.6 Å². The van der Waals surface area contributed by atoms with E-state index >= 15 is 0 Å². The summed E-state index contributed by atoms with van der Waals surface area (Å²) in [5.41, 5.74) is 0.635. The second kappa shape index (κ2) is 11.2. The van der Waals surface area contributed by atoms with Gasteiger partial charge in [-0.3, -0.25) is 15.0 Å². The van der Waals surface area contributed by atoms with E-state index in [1.54, 1.807) is 30.2 Å². The molecule has 3 rings (SSSR count). The lowest BCUT2D eigenvalue weighted by Gasteiger charge is -2.26. The Morgan fingerprint density at radius 3 is 2.56 bits per heavy atom. The molecule has 0 bridgehead atoms. The molecular formula is C21H27N3O5S3. The molecule has 2 aromatic rings. The first-order valence-corrected chi connectivity index (χ1v) is 14.1. The van der Waals surface area contributed by atoms with Gasteiger partial charge < -0.3 is 4.74 Å². The lowest BCUT2D eigenvalue weighted by Crippen LogP contribution is -2.38. The van der Waals surface area contributed by atoms with E-state index in [0.29, 0.717) is 29.9 Å². The summed E-state index contributed by atoms with van der Waals surface area (Å²) < 4.78 is 29.3. The minimum absolute atomic E-state index is 0.184. The Morgan fingerprint density at radius 2 is 1.94 bits per heavy atom. The van der Waals surface area contributed by atoms with Gasteiger partial charge in [0, 0.05) is 18.5 Å². The van der Waals surface area contributed by atoms with Crippen molar-refractivity contribution in [3.8, 4) is 0 Å². The average Bonchev–Trinajstić information content (AvgIpc) is 3.42. The van der Waals surface area contributed by atoms with Crippen LogP contribution in [0.2, 0.25) is 0 Å². The highest BCUT2D eigenvalue weighted by atomic mass is 32.2. The number of ether oxygens (including phenoxy) is 1. The molecule has 1 fully saturated rings. The number of hydrogen-bond donors (Lipinski definition) is 1. The van der Waals surface area contributed by atoms with Gasteiger partial charge in [-0.25, -0.2) is 18.2 Å². The smallest absolute Gasteiger partial charge is 0.328 e. The second-order valence-electron chi connectivity index (χ2n) is 7.54. The summed E-state index contributed by atoms with van der Waals surface area (Å²) in [4.78, 5) is 30.8. The Hall–Kier alpha value is -2.11. The molecule has 1 saturated carbocycles. The number of amides is 2. The van der Waals surface area contributed by atoms with Crippen LogP contribution in [-0.4, -0.2) is 50.6 Å². The fraction of sp³-hybridized carbons (Fsp3) is 0.476. The van der Waals surface area contributed by atoms with Gasteiger partial charge in [0.15, 0.2) is 15.0 Å². The normalized spacial score (nSPS) is 14.3. The first kappa shape index (κ1) is 24.5. The maximum atomic E-state index is 13.1. The molecule has 1 aliphatic rings. The monoisotopic (exact) mass is 497 g/mol. The number of rotatable bonds is 9. The van der Waals surface area contributed by atoms with Gasteiger partial charge in [0.05, 0.1) is 27.7 Å². The van der Waals surface area contributed by atoms with Crippen LogP contribution in [0.15, 0.2) is 39.6 Å². The van der Waals surface area contributed by atoms with Gasteiger partial charge in [-0.05, 0) is 49.9 Å². The summed E-state index contributed by atoms with van der Waals surface area (Å²) in [6.45, 7) is 2.65. The number of nitrogens with zero attached hydrogens (tertiary/aromatic N) is 2. The van der Waals surface area contributed by atoms with E-state index in [9.17, 15) is 18.0 Å². The molecule has 0 saturated heterocycles. The predicted octanol–water partition coefficient (Wildman–Crippen LogP) is 4.43. The summed E-state index contributed by atoms with van der Waals surface area (Å²) in [7, 11) is -3.31. The molecule has 11 heteroatoms. The predicted molar refractivity (Wildman–Crippen MR) is 127 cm³/mol. The number of aromatic nitrogens is 1. The zero-order valence-corrected chi connectivity index (χ0v) is 20.5. The molecule has 174 valence electrons. The van der Waals surface area contributed by atoms with Gasteiger partial charge in [-0.2, -0.15) is 0 Å². The number of urea groups is 1. The summed E-state index contributed by atoms with van der Waals surface area (Å²) in [5.74, 6) is 0.295. The number of sulfone groups is 1. The zero-order chi connectivity index (χ0) is 23.1. The van der Waals surface area contributed by atoms with E-state index in [0.717, 1.165) is 36.1 Å². The number of esters is 1. The number of benzene rings is 1. The molecule has 1 heterocycles. The lowest BCUT2D eigenvalue weighted by atomic mass is 10.1. The highest BCUT2D eigenvalue weighted by molar-refractivity contribution is 8.01. The van der Waals surface area contributed by atoms with Crippen molar-refractivity contribution in [2.24, 2.45) is 5.92 Å². The van der Waals surface area contributed by atoms with Crippen LogP contribution < -0.4 is 10.2 Å². The highest BCUT2D eigenvalue weighted by Crippen LogP contribution is 2.31. The van der Waals surface area contributed by atoms with E-state index in [-0.39, 0.29) is 22.6 Å². The first-order valence-electron chi connectivity index (χ1n) is 10.4. The molecule has 1 aromatic carbocycles. The van der Waals surface area contributed by atoms with Crippen LogP contribution in [0.1, 0.15) is 32.6 Å². The molecule has 1 N–H and O–H groups in total. The average molecular weight is 498 g/mol. The van der Waals surface area contributed by atoms with Crippen LogP contribution in [0.5, 0.6) is 0 Å². The van der Waals surface area contributed by atoms with Crippen LogP contribution in [0, 0.1) is 5.92 Å². The minimum Gasteiger partial charge on any atom is -0.465 e. The van der Waals surface area contributed by atoms with Crippen molar-refractivity contribution in [2.45, 2.75) is 41.7 Å². The van der Waals surface area contributed by atoms with Gasteiger partial charge in [0.25, 0.3) is 0 Å². The number of thiazole rings is 1. The standard InChI is InChI=1S/C21H27N3O5S3/c1-3-29-18(25)14-30-19-12-22-20(31-19)23-21(26)24(13-15-6-4-5-7-15)16-8-10-17(11-9-16)32(2,27)28/h8-12,15H,3-7,13-14H2,1-2H3,(H,22,23,26). The maximum absolute atomic E-state index is 13.1. The van der Waals surface area contributed by atoms with Crippen molar-refractivity contribution >= 4 is 55.8 Å². The maximum Gasteiger partial charge on any atom is 0.328 e. The quantitative estimate of drug-likeness (QED) is 0.403. The number of carbonyl (C=O) groups is 2. The third-order valence-electron chi connectivity index (χ3n) is 5.07. The summed E-state index contributed by atoms with van der Waals surface area (Å²) >= 11 is 2.60. The van der Waals surface area contributed by atoms with Gasteiger partial charge in [0.2, 0.25) is 0 Å². The molecule has 8 nitrogen and oxygen atoms in total. The van der Waals surface area contributed by atoms with Crippen LogP contribution >= 0.6 is 23.1 Å². The molecule has 0 unspecified atom stereocenters. The number of hydrogen-bond acceptors (Lipinski definition) is 8. The molecule has 1 aromatic heterocycles.